The Hall–Kier alpha value is -1.63. The van der Waals surface area contributed by atoms with Gasteiger partial charge < -0.3 is 20.2 Å². The van der Waals surface area contributed by atoms with E-state index in [9.17, 15) is 5.11 Å². The lowest BCUT2D eigenvalue weighted by molar-refractivity contribution is 0.301. The van der Waals surface area contributed by atoms with Crippen molar-refractivity contribution in [3.8, 4) is 0 Å². The second-order valence-corrected chi connectivity index (χ2v) is 4.91. The van der Waals surface area contributed by atoms with Gasteiger partial charge in [-0.25, -0.2) is 0 Å². The van der Waals surface area contributed by atoms with Crippen LogP contribution in [0.15, 0.2) is 0 Å². The first-order chi connectivity index (χ1) is 9.78. The average molecular weight is 280 g/mol. The highest BCUT2D eigenvalue weighted by molar-refractivity contribution is 5.45. The highest BCUT2D eigenvalue weighted by Gasteiger charge is 2.19. The zero-order valence-corrected chi connectivity index (χ0v) is 12.3. The van der Waals surface area contributed by atoms with E-state index in [1.807, 2.05) is 11.9 Å². The first kappa shape index (κ1) is 14.8. The highest BCUT2D eigenvalue weighted by Crippen LogP contribution is 2.20. The maximum Gasteiger partial charge on any atom is 0.232 e. The topological polar surface area (TPSA) is 77.4 Å². The normalized spacial score (nSPS) is 14.7. The van der Waals surface area contributed by atoms with Crippen molar-refractivity contribution in [2.45, 2.75) is 26.2 Å². The van der Waals surface area contributed by atoms with Crippen LogP contribution < -0.4 is 15.1 Å². The van der Waals surface area contributed by atoms with Gasteiger partial charge in [0.15, 0.2) is 0 Å². The molecule has 1 aromatic heterocycles. The number of aliphatic hydroxyl groups is 1. The average Bonchev–Trinajstić information content (AvgIpc) is 3.01. The zero-order chi connectivity index (χ0) is 14.4. The summed E-state index contributed by atoms with van der Waals surface area (Å²) in [5.41, 5.74) is 0. The van der Waals surface area contributed by atoms with Crippen molar-refractivity contribution in [2.75, 3.05) is 55.0 Å². The summed E-state index contributed by atoms with van der Waals surface area (Å²) < 4.78 is 0. The van der Waals surface area contributed by atoms with Crippen molar-refractivity contribution < 1.29 is 5.11 Å². The molecule has 0 aromatic carbocycles. The quantitative estimate of drug-likeness (QED) is 0.762. The Labute approximate surface area is 120 Å². The summed E-state index contributed by atoms with van der Waals surface area (Å²) in [6, 6.07) is 0. The van der Waals surface area contributed by atoms with Crippen LogP contribution in [-0.2, 0) is 0 Å². The van der Waals surface area contributed by atoms with Crippen molar-refractivity contribution >= 4 is 17.8 Å². The van der Waals surface area contributed by atoms with Crippen molar-refractivity contribution in [3.05, 3.63) is 0 Å². The molecule has 7 heteroatoms. The Morgan fingerprint density at radius 1 is 1.20 bits per heavy atom. The maximum atomic E-state index is 9.19. The largest absolute Gasteiger partial charge is 0.395 e. The van der Waals surface area contributed by atoms with Gasteiger partial charge in [0.05, 0.1) is 6.61 Å². The van der Waals surface area contributed by atoms with E-state index in [-0.39, 0.29) is 6.61 Å². The zero-order valence-electron chi connectivity index (χ0n) is 12.3. The van der Waals surface area contributed by atoms with Gasteiger partial charge in [-0.2, -0.15) is 15.0 Å². The van der Waals surface area contributed by atoms with Crippen LogP contribution in [-0.4, -0.2) is 59.9 Å². The van der Waals surface area contributed by atoms with Gasteiger partial charge in [-0.05, 0) is 19.3 Å². The lowest BCUT2D eigenvalue weighted by atomic mass is 10.4. The van der Waals surface area contributed by atoms with Crippen LogP contribution >= 0.6 is 0 Å². The summed E-state index contributed by atoms with van der Waals surface area (Å²) >= 11 is 0. The fourth-order valence-corrected chi connectivity index (χ4v) is 2.37. The summed E-state index contributed by atoms with van der Waals surface area (Å²) in [5, 5.41) is 12.2. The number of anilines is 3. The number of rotatable bonds is 7. The number of nitrogens with zero attached hydrogens (tertiary/aromatic N) is 5. The van der Waals surface area contributed by atoms with Crippen LogP contribution in [0.4, 0.5) is 17.8 Å². The van der Waals surface area contributed by atoms with Gasteiger partial charge in [-0.3, -0.25) is 0 Å². The molecule has 1 saturated heterocycles. The molecule has 2 heterocycles. The molecule has 2 rings (SSSR count). The molecular weight excluding hydrogens is 256 g/mol. The molecule has 20 heavy (non-hydrogen) atoms. The summed E-state index contributed by atoms with van der Waals surface area (Å²) in [5.74, 6) is 1.95. The molecule has 0 unspecified atom stereocenters. The van der Waals surface area contributed by atoms with E-state index in [4.69, 9.17) is 0 Å². The first-order valence-corrected chi connectivity index (χ1v) is 7.33. The Bertz CT molecular complexity index is 415. The third-order valence-electron chi connectivity index (χ3n) is 3.37. The highest BCUT2D eigenvalue weighted by atomic mass is 16.3. The molecule has 0 radical (unpaired) electrons. The van der Waals surface area contributed by atoms with Crippen LogP contribution in [0.3, 0.4) is 0 Å². The molecule has 7 nitrogen and oxygen atoms in total. The monoisotopic (exact) mass is 280 g/mol. The molecule has 0 atom stereocenters. The molecule has 1 aliphatic rings. The van der Waals surface area contributed by atoms with Gasteiger partial charge in [-0.15, -0.1) is 0 Å². The Morgan fingerprint density at radius 3 is 2.55 bits per heavy atom. The van der Waals surface area contributed by atoms with Crippen LogP contribution in [0.1, 0.15) is 26.2 Å². The standard InChI is InChI=1S/C13H24N6O/c1-3-6-18(9-10-20)12-15-11(14-2)16-13(17-12)19-7-4-5-8-19/h20H,3-10H2,1-2H3,(H,14,15,16,17). The van der Waals surface area contributed by atoms with E-state index < -0.39 is 0 Å². The summed E-state index contributed by atoms with van der Waals surface area (Å²) in [6.45, 7) is 5.57. The van der Waals surface area contributed by atoms with Gasteiger partial charge >= 0.3 is 0 Å². The summed E-state index contributed by atoms with van der Waals surface area (Å²) in [4.78, 5) is 17.6. The number of nitrogens with one attached hydrogen (secondary N) is 1. The third kappa shape index (κ3) is 3.47. The second-order valence-electron chi connectivity index (χ2n) is 4.91. The van der Waals surface area contributed by atoms with E-state index in [1.165, 1.54) is 12.8 Å². The number of hydrogen-bond acceptors (Lipinski definition) is 7. The van der Waals surface area contributed by atoms with Crippen molar-refractivity contribution in [1.82, 2.24) is 15.0 Å². The van der Waals surface area contributed by atoms with E-state index in [1.54, 1.807) is 0 Å². The van der Waals surface area contributed by atoms with Crippen LogP contribution in [0.5, 0.6) is 0 Å². The van der Waals surface area contributed by atoms with Gasteiger partial charge in [-0.1, -0.05) is 6.92 Å². The van der Waals surface area contributed by atoms with Gasteiger partial charge in [0.25, 0.3) is 0 Å². The van der Waals surface area contributed by atoms with Crippen molar-refractivity contribution in [2.24, 2.45) is 0 Å². The fraction of sp³-hybridized carbons (Fsp3) is 0.769. The second kappa shape index (κ2) is 7.23. The van der Waals surface area contributed by atoms with Crippen LogP contribution in [0, 0.1) is 0 Å². The van der Waals surface area contributed by atoms with E-state index in [0.717, 1.165) is 32.0 Å². The first-order valence-electron chi connectivity index (χ1n) is 7.33. The maximum absolute atomic E-state index is 9.19. The lowest BCUT2D eigenvalue weighted by Crippen LogP contribution is -2.31. The predicted molar refractivity (Wildman–Crippen MR) is 80.4 cm³/mol. The number of hydrogen-bond donors (Lipinski definition) is 2. The smallest absolute Gasteiger partial charge is 0.232 e. The van der Waals surface area contributed by atoms with Crippen molar-refractivity contribution in [3.63, 3.8) is 0 Å². The molecular formula is C13H24N6O. The number of aromatic nitrogens is 3. The fourth-order valence-electron chi connectivity index (χ4n) is 2.37. The molecule has 1 aromatic rings. The molecule has 0 amide bonds. The molecule has 0 bridgehead atoms. The van der Waals surface area contributed by atoms with Crippen LogP contribution in [0.25, 0.3) is 0 Å². The van der Waals surface area contributed by atoms with E-state index in [0.29, 0.717) is 18.4 Å². The Balaban J connectivity index is 2.27. The molecule has 0 saturated carbocycles. The molecule has 0 spiro atoms. The van der Waals surface area contributed by atoms with Crippen molar-refractivity contribution in [1.29, 1.82) is 0 Å². The molecule has 1 aliphatic heterocycles. The molecule has 2 N–H and O–H groups in total. The molecule has 1 fully saturated rings. The minimum Gasteiger partial charge on any atom is -0.395 e. The van der Waals surface area contributed by atoms with Gasteiger partial charge in [0.1, 0.15) is 0 Å². The lowest BCUT2D eigenvalue weighted by Gasteiger charge is -2.23. The Morgan fingerprint density at radius 2 is 1.95 bits per heavy atom. The minimum absolute atomic E-state index is 0.0968. The SMILES string of the molecule is CCCN(CCO)c1nc(NC)nc(N2CCCC2)n1. The summed E-state index contributed by atoms with van der Waals surface area (Å²) in [6.07, 6.45) is 3.36. The third-order valence-corrected chi connectivity index (χ3v) is 3.37. The van der Waals surface area contributed by atoms with Gasteiger partial charge in [0.2, 0.25) is 17.8 Å². The minimum atomic E-state index is 0.0968. The molecule has 112 valence electrons. The van der Waals surface area contributed by atoms with Gasteiger partial charge in [0, 0.05) is 33.2 Å². The predicted octanol–water partition coefficient (Wildman–Crippen LogP) is 0.722. The van der Waals surface area contributed by atoms with E-state index >= 15 is 0 Å². The number of aliphatic hydroxyl groups excluding tert-OH is 1. The van der Waals surface area contributed by atoms with Crippen LogP contribution in [0.2, 0.25) is 0 Å². The Kier molecular flexibility index (Phi) is 5.34. The summed E-state index contributed by atoms with van der Waals surface area (Å²) in [7, 11) is 1.81. The van der Waals surface area contributed by atoms with E-state index in [2.05, 4.69) is 32.1 Å². The molecule has 0 aliphatic carbocycles.